The van der Waals surface area contributed by atoms with Crippen molar-refractivity contribution in [1.82, 2.24) is 5.01 Å². The molecule has 0 fully saturated rings. The molecule has 0 bridgehead atoms. The van der Waals surface area contributed by atoms with Crippen LogP contribution in [0.2, 0.25) is 0 Å². The number of aromatic hydroxyl groups is 1. The average molecular weight is 380 g/mol. The minimum Gasteiger partial charge on any atom is -0.507 e. The minimum atomic E-state index is -5.17. The first-order valence-corrected chi connectivity index (χ1v) is 7.81. The van der Waals surface area contributed by atoms with Gasteiger partial charge >= 0.3 is 6.18 Å². The summed E-state index contributed by atoms with van der Waals surface area (Å²) in [5, 5.41) is 23.8. The zero-order valence-corrected chi connectivity index (χ0v) is 14.1. The molecular weight excluding hydrogens is 365 g/mol. The number of ether oxygens (including phenoxy) is 1. The van der Waals surface area contributed by atoms with Crippen LogP contribution in [0.1, 0.15) is 22.3 Å². The van der Waals surface area contributed by atoms with Gasteiger partial charge in [-0.25, -0.2) is 0 Å². The summed E-state index contributed by atoms with van der Waals surface area (Å²) in [6, 6.07) is 11.2. The van der Waals surface area contributed by atoms with Crippen molar-refractivity contribution in [2.45, 2.75) is 18.3 Å². The van der Waals surface area contributed by atoms with Crippen molar-refractivity contribution in [3.63, 3.8) is 0 Å². The fourth-order valence-corrected chi connectivity index (χ4v) is 2.71. The number of phenolic OH excluding ortho intramolecular Hbond substituents is 1. The first-order chi connectivity index (χ1) is 12.7. The molecule has 0 aromatic heterocycles. The second-order valence-corrected chi connectivity index (χ2v) is 5.90. The van der Waals surface area contributed by atoms with Crippen molar-refractivity contribution in [2.24, 2.45) is 5.10 Å². The van der Waals surface area contributed by atoms with Gasteiger partial charge in [0.2, 0.25) is 0 Å². The highest BCUT2D eigenvalue weighted by atomic mass is 19.4. The first-order valence-electron chi connectivity index (χ1n) is 7.81. The van der Waals surface area contributed by atoms with E-state index in [1.165, 1.54) is 31.4 Å². The number of halogens is 3. The summed E-state index contributed by atoms with van der Waals surface area (Å²) in [5.41, 5.74) is -3.82. The topological polar surface area (TPSA) is 82.4 Å². The molecule has 142 valence electrons. The van der Waals surface area contributed by atoms with E-state index in [0.29, 0.717) is 5.75 Å². The number of phenols is 1. The van der Waals surface area contributed by atoms with Crippen LogP contribution in [0.15, 0.2) is 53.6 Å². The third-order valence-electron chi connectivity index (χ3n) is 4.17. The molecular formula is C18H15F3N2O4. The third-order valence-corrected chi connectivity index (χ3v) is 4.17. The van der Waals surface area contributed by atoms with Crippen LogP contribution in [0.25, 0.3) is 0 Å². The summed E-state index contributed by atoms with van der Waals surface area (Å²) in [7, 11) is 1.40. The molecule has 2 aromatic carbocycles. The van der Waals surface area contributed by atoms with Crippen molar-refractivity contribution in [2.75, 3.05) is 7.11 Å². The third kappa shape index (κ3) is 3.21. The van der Waals surface area contributed by atoms with Crippen molar-refractivity contribution in [1.29, 1.82) is 0 Å². The van der Waals surface area contributed by atoms with E-state index < -0.39 is 35.5 Å². The van der Waals surface area contributed by atoms with Gasteiger partial charge in [-0.15, -0.1) is 0 Å². The summed E-state index contributed by atoms with van der Waals surface area (Å²) >= 11 is 0. The van der Waals surface area contributed by atoms with E-state index in [2.05, 4.69) is 5.10 Å². The smallest absolute Gasteiger partial charge is 0.438 e. The monoisotopic (exact) mass is 380 g/mol. The molecule has 0 radical (unpaired) electrons. The molecule has 27 heavy (non-hydrogen) atoms. The lowest BCUT2D eigenvalue weighted by Crippen LogP contribution is -2.56. The quantitative estimate of drug-likeness (QED) is 0.858. The van der Waals surface area contributed by atoms with Gasteiger partial charge < -0.3 is 14.9 Å². The molecule has 9 heteroatoms. The van der Waals surface area contributed by atoms with Crippen molar-refractivity contribution < 1.29 is 32.9 Å². The van der Waals surface area contributed by atoms with Gasteiger partial charge in [0, 0.05) is 5.56 Å². The molecule has 1 unspecified atom stereocenters. The van der Waals surface area contributed by atoms with E-state index in [1.54, 1.807) is 12.1 Å². The van der Waals surface area contributed by atoms with Gasteiger partial charge in [0.05, 0.1) is 24.8 Å². The van der Waals surface area contributed by atoms with Crippen LogP contribution in [0.4, 0.5) is 13.2 Å². The van der Waals surface area contributed by atoms with Gasteiger partial charge in [-0.2, -0.15) is 23.3 Å². The molecule has 0 spiro atoms. The van der Waals surface area contributed by atoms with E-state index in [0.717, 1.165) is 12.1 Å². The Hall–Kier alpha value is -3.07. The Morgan fingerprint density at radius 1 is 1.22 bits per heavy atom. The summed E-state index contributed by atoms with van der Waals surface area (Å²) in [5.74, 6) is -1.40. The lowest BCUT2D eigenvalue weighted by atomic mass is 10.00. The van der Waals surface area contributed by atoms with Gasteiger partial charge in [0.15, 0.2) is 0 Å². The van der Waals surface area contributed by atoms with E-state index in [1.807, 2.05) is 0 Å². The van der Waals surface area contributed by atoms with E-state index in [-0.39, 0.29) is 16.3 Å². The number of hydrogen-bond donors (Lipinski definition) is 2. The lowest BCUT2D eigenvalue weighted by Gasteiger charge is -2.32. The number of rotatable bonds is 3. The van der Waals surface area contributed by atoms with Gasteiger partial charge in [-0.1, -0.05) is 24.3 Å². The number of carbonyl (C=O) groups excluding carboxylic acids is 1. The van der Waals surface area contributed by atoms with Gasteiger partial charge in [0.25, 0.3) is 11.6 Å². The van der Waals surface area contributed by atoms with Crippen LogP contribution in [-0.4, -0.2) is 45.9 Å². The number of nitrogens with zero attached hydrogens (tertiary/aromatic N) is 2. The van der Waals surface area contributed by atoms with Crippen LogP contribution < -0.4 is 4.74 Å². The Balaban J connectivity index is 2.08. The summed E-state index contributed by atoms with van der Waals surface area (Å²) < 4.78 is 45.8. The predicted octanol–water partition coefficient (Wildman–Crippen LogP) is 2.90. The maximum atomic E-state index is 13.6. The SMILES string of the molecule is COc1cccc(C2=NN(C(=O)c3ccccc3O)C(O)(C(F)(F)F)C2)c1. The number of alkyl halides is 3. The summed E-state index contributed by atoms with van der Waals surface area (Å²) in [6.45, 7) is 0. The van der Waals surface area contributed by atoms with Gasteiger partial charge in [-0.05, 0) is 24.3 Å². The number of para-hydroxylation sites is 1. The van der Waals surface area contributed by atoms with Crippen LogP contribution >= 0.6 is 0 Å². The molecule has 6 nitrogen and oxygen atoms in total. The molecule has 0 aliphatic carbocycles. The second-order valence-electron chi connectivity index (χ2n) is 5.90. The maximum absolute atomic E-state index is 13.6. The normalized spacial score (nSPS) is 19.7. The summed E-state index contributed by atoms with van der Waals surface area (Å²) in [4.78, 5) is 12.6. The molecule has 2 N–H and O–H groups in total. The van der Waals surface area contributed by atoms with E-state index >= 15 is 0 Å². The van der Waals surface area contributed by atoms with Crippen molar-refractivity contribution >= 4 is 11.6 Å². The van der Waals surface area contributed by atoms with E-state index in [9.17, 15) is 28.2 Å². The zero-order valence-electron chi connectivity index (χ0n) is 14.1. The number of aliphatic hydroxyl groups is 1. The maximum Gasteiger partial charge on any atom is 0.438 e. The van der Waals surface area contributed by atoms with Crippen LogP contribution in [0.3, 0.4) is 0 Å². The summed E-state index contributed by atoms with van der Waals surface area (Å²) in [6.07, 6.45) is -6.12. The molecule has 1 aliphatic rings. The Kier molecular flexibility index (Phi) is 4.56. The second kappa shape index (κ2) is 6.58. The number of benzene rings is 2. The zero-order chi connectivity index (χ0) is 19.8. The average Bonchev–Trinajstić information content (AvgIpc) is 3.00. The largest absolute Gasteiger partial charge is 0.507 e. The Bertz CT molecular complexity index is 913. The first kappa shape index (κ1) is 18.7. The molecule has 2 aromatic rings. The molecule has 1 amide bonds. The molecule has 1 aliphatic heterocycles. The molecule has 3 rings (SSSR count). The predicted molar refractivity (Wildman–Crippen MR) is 89.4 cm³/mol. The number of methoxy groups -OCH3 is 1. The van der Waals surface area contributed by atoms with Crippen LogP contribution in [0.5, 0.6) is 11.5 Å². The lowest BCUT2D eigenvalue weighted by molar-refractivity contribution is -0.297. The molecule has 0 saturated carbocycles. The Labute approximate surface area is 152 Å². The molecule has 1 heterocycles. The van der Waals surface area contributed by atoms with E-state index in [4.69, 9.17) is 4.74 Å². The van der Waals surface area contributed by atoms with Gasteiger partial charge in [0.1, 0.15) is 11.5 Å². The number of carbonyl (C=O) groups is 1. The fourth-order valence-electron chi connectivity index (χ4n) is 2.71. The Morgan fingerprint density at radius 2 is 1.93 bits per heavy atom. The van der Waals surface area contributed by atoms with Crippen LogP contribution in [0, 0.1) is 0 Å². The number of hydrogen-bond acceptors (Lipinski definition) is 5. The van der Waals surface area contributed by atoms with Crippen molar-refractivity contribution in [3.8, 4) is 11.5 Å². The van der Waals surface area contributed by atoms with Crippen LogP contribution in [-0.2, 0) is 0 Å². The molecule has 0 saturated heterocycles. The standard InChI is InChI=1S/C18H15F3N2O4/c1-27-12-6-4-5-11(9-12)14-10-17(26,18(19,20)21)23(22-14)16(25)13-7-2-3-8-15(13)24/h2-9,24,26H,10H2,1H3. The molecule has 1 atom stereocenters. The van der Waals surface area contributed by atoms with Gasteiger partial charge in [-0.3, -0.25) is 4.79 Å². The number of hydrazone groups is 1. The minimum absolute atomic E-state index is 0.0309. The highest BCUT2D eigenvalue weighted by Crippen LogP contribution is 2.42. The van der Waals surface area contributed by atoms with Crippen molar-refractivity contribution in [3.05, 3.63) is 59.7 Å². The highest BCUT2D eigenvalue weighted by Gasteiger charge is 2.63. The highest BCUT2D eigenvalue weighted by molar-refractivity contribution is 6.06. The Morgan fingerprint density at radius 3 is 2.56 bits per heavy atom. The number of amides is 1. The fraction of sp³-hybridized carbons (Fsp3) is 0.222.